The van der Waals surface area contributed by atoms with Gasteiger partial charge in [0.2, 0.25) is 0 Å². The van der Waals surface area contributed by atoms with Crippen molar-refractivity contribution in [3.63, 3.8) is 0 Å². The average molecular weight is 364 g/mol. The van der Waals surface area contributed by atoms with Gasteiger partial charge in [-0.2, -0.15) is 5.10 Å². The van der Waals surface area contributed by atoms with Gasteiger partial charge >= 0.3 is 0 Å². The van der Waals surface area contributed by atoms with Gasteiger partial charge < -0.3 is 15.4 Å². The minimum Gasteiger partial charge on any atom is -0.490 e. The molecular weight excluding hydrogens is 340 g/mol. The van der Waals surface area contributed by atoms with E-state index in [-0.39, 0.29) is 0 Å². The van der Waals surface area contributed by atoms with Crippen LogP contribution in [0.3, 0.4) is 0 Å². The summed E-state index contributed by atoms with van der Waals surface area (Å²) in [5.41, 5.74) is 2.44. The standard InChI is InChI=1S/C20H24N6O/c1-21-20(23-11-13-27-19-8-4-9-22-15-19)24-14-17-6-2-3-7-18(17)16-26-12-5-10-25-26/h2-10,12,15H,11,13-14,16H2,1H3,(H2,21,23,24). The number of aromatic nitrogens is 3. The smallest absolute Gasteiger partial charge is 0.191 e. The second-order valence-corrected chi connectivity index (χ2v) is 5.86. The molecule has 0 aliphatic carbocycles. The third-order valence-electron chi connectivity index (χ3n) is 3.98. The Morgan fingerprint density at radius 3 is 2.70 bits per heavy atom. The zero-order valence-electron chi connectivity index (χ0n) is 15.4. The average Bonchev–Trinajstić information content (AvgIpc) is 3.22. The van der Waals surface area contributed by atoms with Gasteiger partial charge in [-0.05, 0) is 29.3 Å². The van der Waals surface area contributed by atoms with E-state index >= 15 is 0 Å². The maximum atomic E-state index is 5.62. The molecule has 0 saturated heterocycles. The molecule has 0 spiro atoms. The SMILES string of the molecule is CN=C(NCCOc1cccnc1)NCc1ccccc1Cn1cccn1. The van der Waals surface area contributed by atoms with Crippen LogP contribution in [-0.4, -0.2) is 40.9 Å². The van der Waals surface area contributed by atoms with Crippen molar-refractivity contribution in [3.8, 4) is 5.75 Å². The van der Waals surface area contributed by atoms with Crippen LogP contribution in [0.1, 0.15) is 11.1 Å². The summed E-state index contributed by atoms with van der Waals surface area (Å²) in [6.45, 7) is 2.60. The van der Waals surface area contributed by atoms with Gasteiger partial charge in [0.25, 0.3) is 0 Å². The largest absolute Gasteiger partial charge is 0.490 e. The first-order chi connectivity index (χ1) is 13.3. The Kier molecular flexibility index (Phi) is 6.80. The molecule has 27 heavy (non-hydrogen) atoms. The summed E-state index contributed by atoms with van der Waals surface area (Å²) in [6, 6.07) is 14.0. The molecule has 140 valence electrons. The lowest BCUT2D eigenvalue weighted by molar-refractivity contribution is 0.320. The molecule has 0 unspecified atom stereocenters. The van der Waals surface area contributed by atoms with Crippen molar-refractivity contribution >= 4 is 5.96 Å². The van der Waals surface area contributed by atoms with Gasteiger partial charge in [0, 0.05) is 32.2 Å². The topological polar surface area (TPSA) is 76.4 Å². The summed E-state index contributed by atoms with van der Waals surface area (Å²) in [6.07, 6.45) is 7.18. The number of guanidine groups is 1. The van der Waals surface area contributed by atoms with E-state index in [0.29, 0.717) is 19.7 Å². The molecule has 2 heterocycles. The van der Waals surface area contributed by atoms with E-state index in [1.165, 1.54) is 11.1 Å². The molecule has 0 aliphatic heterocycles. The first kappa shape index (κ1) is 18.4. The van der Waals surface area contributed by atoms with Crippen LogP contribution in [0.2, 0.25) is 0 Å². The third-order valence-corrected chi connectivity index (χ3v) is 3.98. The van der Waals surface area contributed by atoms with E-state index in [9.17, 15) is 0 Å². The highest BCUT2D eigenvalue weighted by Crippen LogP contribution is 2.10. The van der Waals surface area contributed by atoms with Gasteiger partial charge in [0.1, 0.15) is 12.4 Å². The summed E-state index contributed by atoms with van der Waals surface area (Å²) in [4.78, 5) is 8.29. The zero-order chi connectivity index (χ0) is 18.7. The number of nitrogens with one attached hydrogen (secondary N) is 2. The van der Waals surface area contributed by atoms with Crippen LogP contribution in [0.4, 0.5) is 0 Å². The van der Waals surface area contributed by atoms with Gasteiger partial charge in [0.05, 0.1) is 19.3 Å². The number of benzene rings is 1. The summed E-state index contributed by atoms with van der Waals surface area (Å²) < 4.78 is 7.54. The van der Waals surface area contributed by atoms with Crippen LogP contribution in [-0.2, 0) is 13.1 Å². The monoisotopic (exact) mass is 364 g/mol. The lowest BCUT2D eigenvalue weighted by Crippen LogP contribution is -2.39. The first-order valence-electron chi connectivity index (χ1n) is 8.86. The van der Waals surface area contributed by atoms with Crippen LogP contribution < -0.4 is 15.4 Å². The van der Waals surface area contributed by atoms with Crippen molar-refractivity contribution in [2.24, 2.45) is 4.99 Å². The van der Waals surface area contributed by atoms with Crippen LogP contribution in [0.25, 0.3) is 0 Å². The van der Waals surface area contributed by atoms with Crippen molar-refractivity contribution in [3.05, 3.63) is 78.4 Å². The number of hydrogen-bond donors (Lipinski definition) is 2. The highest BCUT2D eigenvalue weighted by atomic mass is 16.5. The number of hydrogen-bond acceptors (Lipinski definition) is 4. The molecule has 2 aromatic heterocycles. The molecule has 0 amide bonds. The number of rotatable bonds is 8. The molecule has 0 fully saturated rings. The normalized spacial score (nSPS) is 11.2. The van der Waals surface area contributed by atoms with E-state index in [1.807, 2.05) is 41.2 Å². The molecule has 1 aromatic carbocycles. The molecule has 0 bridgehead atoms. The minimum atomic E-state index is 0.530. The Hall–Kier alpha value is -3.35. The number of aliphatic imine (C=N–C) groups is 1. The van der Waals surface area contributed by atoms with Crippen LogP contribution >= 0.6 is 0 Å². The number of ether oxygens (including phenoxy) is 1. The van der Waals surface area contributed by atoms with E-state index in [4.69, 9.17) is 4.74 Å². The van der Waals surface area contributed by atoms with E-state index < -0.39 is 0 Å². The Morgan fingerprint density at radius 1 is 1.07 bits per heavy atom. The maximum absolute atomic E-state index is 5.62. The molecule has 7 nitrogen and oxygen atoms in total. The van der Waals surface area contributed by atoms with E-state index in [1.54, 1.807) is 25.6 Å². The maximum Gasteiger partial charge on any atom is 0.191 e. The molecule has 3 rings (SSSR count). The fourth-order valence-electron chi connectivity index (χ4n) is 2.62. The summed E-state index contributed by atoms with van der Waals surface area (Å²) >= 11 is 0. The van der Waals surface area contributed by atoms with Gasteiger partial charge in [-0.15, -0.1) is 0 Å². The van der Waals surface area contributed by atoms with Gasteiger partial charge in [0.15, 0.2) is 5.96 Å². The minimum absolute atomic E-state index is 0.530. The number of pyridine rings is 1. The molecule has 7 heteroatoms. The fraction of sp³-hybridized carbons (Fsp3) is 0.250. The van der Waals surface area contributed by atoms with Crippen molar-refractivity contribution in [1.82, 2.24) is 25.4 Å². The second-order valence-electron chi connectivity index (χ2n) is 5.86. The summed E-state index contributed by atoms with van der Waals surface area (Å²) in [7, 11) is 1.76. The van der Waals surface area contributed by atoms with Crippen molar-refractivity contribution in [2.45, 2.75) is 13.1 Å². The van der Waals surface area contributed by atoms with Crippen molar-refractivity contribution < 1.29 is 4.74 Å². The second kappa shape index (κ2) is 9.96. The molecule has 0 saturated carbocycles. The predicted octanol–water partition coefficient (Wildman–Crippen LogP) is 2.07. The zero-order valence-corrected chi connectivity index (χ0v) is 15.4. The number of nitrogens with zero attached hydrogens (tertiary/aromatic N) is 4. The summed E-state index contributed by atoms with van der Waals surface area (Å²) in [5.74, 6) is 1.49. The van der Waals surface area contributed by atoms with Crippen molar-refractivity contribution in [2.75, 3.05) is 20.2 Å². The van der Waals surface area contributed by atoms with Crippen LogP contribution in [0.15, 0.2) is 72.2 Å². The molecule has 0 atom stereocenters. The summed E-state index contributed by atoms with van der Waals surface area (Å²) in [5, 5.41) is 10.9. The fourth-order valence-corrected chi connectivity index (χ4v) is 2.62. The molecule has 0 aliphatic rings. The van der Waals surface area contributed by atoms with E-state index in [0.717, 1.165) is 18.3 Å². The molecular formula is C20H24N6O. The Morgan fingerprint density at radius 2 is 1.96 bits per heavy atom. The van der Waals surface area contributed by atoms with Gasteiger partial charge in [-0.25, -0.2) is 0 Å². The molecule has 0 radical (unpaired) electrons. The van der Waals surface area contributed by atoms with Gasteiger partial charge in [-0.1, -0.05) is 24.3 Å². The van der Waals surface area contributed by atoms with Crippen LogP contribution in [0, 0.1) is 0 Å². The van der Waals surface area contributed by atoms with Crippen molar-refractivity contribution in [1.29, 1.82) is 0 Å². The molecule has 3 aromatic rings. The van der Waals surface area contributed by atoms with E-state index in [2.05, 4.69) is 37.8 Å². The highest BCUT2D eigenvalue weighted by molar-refractivity contribution is 5.79. The lowest BCUT2D eigenvalue weighted by Gasteiger charge is -2.14. The Labute approximate surface area is 159 Å². The first-order valence-corrected chi connectivity index (χ1v) is 8.86. The van der Waals surface area contributed by atoms with Gasteiger partial charge in [-0.3, -0.25) is 14.7 Å². The highest BCUT2D eigenvalue weighted by Gasteiger charge is 2.04. The Balaban J connectivity index is 1.46. The molecule has 2 N–H and O–H groups in total. The quantitative estimate of drug-likeness (QED) is 0.364. The third kappa shape index (κ3) is 5.85. The Bertz CT molecular complexity index is 833. The van der Waals surface area contributed by atoms with Crippen LogP contribution in [0.5, 0.6) is 5.75 Å². The predicted molar refractivity (Wildman–Crippen MR) is 106 cm³/mol. The lowest BCUT2D eigenvalue weighted by atomic mass is 10.1.